The second-order valence-corrected chi connectivity index (χ2v) is 4.80. The fourth-order valence-electron chi connectivity index (χ4n) is 2.50. The van der Waals surface area contributed by atoms with Crippen LogP contribution in [0, 0.1) is 17.6 Å². The van der Waals surface area contributed by atoms with Gasteiger partial charge in [-0.2, -0.15) is 0 Å². The van der Waals surface area contributed by atoms with Crippen molar-refractivity contribution in [1.29, 1.82) is 0 Å². The molecular formula is C14H19F2NO. The van der Waals surface area contributed by atoms with Gasteiger partial charge in [0, 0.05) is 24.8 Å². The molecule has 1 N–H and O–H groups in total. The summed E-state index contributed by atoms with van der Waals surface area (Å²) in [5.74, 6) is -0.222. The van der Waals surface area contributed by atoms with Crippen LogP contribution < -0.4 is 5.32 Å². The van der Waals surface area contributed by atoms with Crippen LogP contribution in [0.15, 0.2) is 18.2 Å². The van der Waals surface area contributed by atoms with Gasteiger partial charge in [0.1, 0.15) is 11.6 Å². The fourth-order valence-corrected chi connectivity index (χ4v) is 2.50. The number of ether oxygens (including phenoxy) is 1. The molecule has 1 unspecified atom stereocenters. The first-order valence-electron chi connectivity index (χ1n) is 6.40. The Kier molecular flexibility index (Phi) is 4.66. The average molecular weight is 255 g/mol. The fraction of sp³-hybridized carbons (Fsp3) is 0.571. The van der Waals surface area contributed by atoms with Gasteiger partial charge in [0.25, 0.3) is 0 Å². The van der Waals surface area contributed by atoms with Gasteiger partial charge in [-0.25, -0.2) is 8.78 Å². The van der Waals surface area contributed by atoms with E-state index < -0.39 is 5.82 Å². The molecule has 4 heteroatoms. The van der Waals surface area contributed by atoms with Gasteiger partial charge >= 0.3 is 0 Å². The zero-order valence-corrected chi connectivity index (χ0v) is 10.6. The quantitative estimate of drug-likeness (QED) is 0.893. The molecule has 0 aromatic heterocycles. The molecular weight excluding hydrogens is 236 g/mol. The summed E-state index contributed by atoms with van der Waals surface area (Å²) < 4.78 is 32.2. The van der Waals surface area contributed by atoms with Crippen molar-refractivity contribution in [2.24, 2.45) is 5.92 Å². The maximum absolute atomic E-state index is 13.7. The summed E-state index contributed by atoms with van der Waals surface area (Å²) in [6.45, 7) is 1.54. The first-order chi connectivity index (χ1) is 8.70. The van der Waals surface area contributed by atoms with Gasteiger partial charge in [0.15, 0.2) is 0 Å². The van der Waals surface area contributed by atoms with E-state index in [0.717, 1.165) is 38.5 Å². The number of hydrogen-bond donors (Lipinski definition) is 1. The van der Waals surface area contributed by atoms with Gasteiger partial charge in [0.2, 0.25) is 0 Å². The highest BCUT2D eigenvalue weighted by molar-refractivity contribution is 5.22. The molecule has 0 radical (unpaired) electrons. The largest absolute Gasteiger partial charge is 0.381 e. The van der Waals surface area contributed by atoms with Crippen molar-refractivity contribution in [3.63, 3.8) is 0 Å². The molecule has 1 saturated heterocycles. The predicted octanol–water partition coefficient (Wildman–Crippen LogP) is 3.04. The number of halogens is 2. The van der Waals surface area contributed by atoms with Crippen molar-refractivity contribution >= 4 is 0 Å². The Balaban J connectivity index is 2.09. The smallest absolute Gasteiger partial charge is 0.128 e. The van der Waals surface area contributed by atoms with Crippen molar-refractivity contribution in [2.45, 2.75) is 25.3 Å². The minimum Gasteiger partial charge on any atom is -0.381 e. The average Bonchev–Trinajstić information content (AvgIpc) is 2.40. The van der Waals surface area contributed by atoms with Gasteiger partial charge in [0.05, 0.1) is 0 Å². The molecule has 18 heavy (non-hydrogen) atoms. The third-order valence-corrected chi connectivity index (χ3v) is 3.59. The molecule has 0 spiro atoms. The van der Waals surface area contributed by atoms with E-state index in [1.54, 1.807) is 7.05 Å². The molecule has 1 atom stereocenters. The van der Waals surface area contributed by atoms with Crippen molar-refractivity contribution in [1.82, 2.24) is 5.32 Å². The van der Waals surface area contributed by atoms with Crippen LogP contribution in [0.5, 0.6) is 0 Å². The van der Waals surface area contributed by atoms with Crippen LogP contribution in [0.3, 0.4) is 0 Å². The number of rotatable bonds is 4. The lowest BCUT2D eigenvalue weighted by molar-refractivity contribution is 0.0606. The normalized spacial score (nSPS) is 18.8. The van der Waals surface area contributed by atoms with E-state index in [1.165, 1.54) is 12.1 Å². The summed E-state index contributed by atoms with van der Waals surface area (Å²) in [4.78, 5) is 0. The third-order valence-electron chi connectivity index (χ3n) is 3.59. The lowest BCUT2D eigenvalue weighted by Crippen LogP contribution is -2.24. The first-order valence-corrected chi connectivity index (χ1v) is 6.40. The Bertz CT molecular complexity index is 391. The summed E-state index contributed by atoms with van der Waals surface area (Å²) in [6, 6.07) is 3.50. The summed E-state index contributed by atoms with van der Waals surface area (Å²) in [5, 5.41) is 3.09. The Morgan fingerprint density at radius 1 is 1.33 bits per heavy atom. The maximum atomic E-state index is 13.7. The summed E-state index contributed by atoms with van der Waals surface area (Å²) >= 11 is 0. The monoisotopic (exact) mass is 255 g/mol. The lowest BCUT2D eigenvalue weighted by atomic mass is 9.89. The second-order valence-electron chi connectivity index (χ2n) is 4.80. The highest BCUT2D eigenvalue weighted by Gasteiger charge is 2.21. The molecule has 1 heterocycles. The van der Waals surface area contributed by atoms with Crippen molar-refractivity contribution in [2.75, 3.05) is 20.3 Å². The Hall–Kier alpha value is -1.00. The minimum atomic E-state index is -0.390. The molecule has 100 valence electrons. The molecule has 2 rings (SSSR count). The molecule has 1 aliphatic rings. The topological polar surface area (TPSA) is 21.3 Å². The van der Waals surface area contributed by atoms with Gasteiger partial charge in [-0.05, 0) is 50.4 Å². The molecule has 1 aliphatic heterocycles. The summed E-state index contributed by atoms with van der Waals surface area (Å²) in [6.07, 6.45) is 2.81. The molecule has 0 amide bonds. The Labute approximate surface area is 106 Å². The molecule has 1 fully saturated rings. The molecule has 2 nitrogen and oxygen atoms in total. The van der Waals surface area contributed by atoms with Crippen LogP contribution >= 0.6 is 0 Å². The first kappa shape index (κ1) is 13.4. The van der Waals surface area contributed by atoms with Crippen molar-refractivity contribution < 1.29 is 13.5 Å². The predicted molar refractivity (Wildman–Crippen MR) is 66.3 cm³/mol. The van der Waals surface area contributed by atoms with E-state index in [-0.39, 0.29) is 11.9 Å². The van der Waals surface area contributed by atoms with Crippen LogP contribution in [0.25, 0.3) is 0 Å². The van der Waals surface area contributed by atoms with Crippen LogP contribution in [0.1, 0.15) is 30.9 Å². The second kappa shape index (κ2) is 6.25. The van der Waals surface area contributed by atoms with Crippen LogP contribution in [-0.4, -0.2) is 20.3 Å². The highest BCUT2D eigenvalue weighted by Crippen LogP contribution is 2.29. The van der Waals surface area contributed by atoms with Gasteiger partial charge in [-0.3, -0.25) is 0 Å². The van der Waals surface area contributed by atoms with Crippen molar-refractivity contribution in [3.05, 3.63) is 35.4 Å². The van der Waals surface area contributed by atoms with Gasteiger partial charge in [-0.15, -0.1) is 0 Å². The van der Waals surface area contributed by atoms with E-state index in [2.05, 4.69) is 5.32 Å². The Morgan fingerprint density at radius 2 is 2.06 bits per heavy atom. The number of nitrogens with one attached hydrogen (secondary N) is 1. The zero-order chi connectivity index (χ0) is 13.0. The van der Waals surface area contributed by atoms with Crippen LogP contribution in [0.2, 0.25) is 0 Å². The zero-order valence-electron chi connectivity index (χ0n) is 10.6. The summed E-state index contributed by atoms with van der Waals surface area (Å²) in [7, 11) is 1.79. The van der Waals surface area contributed by atoms with E-state index >= 15 is 0 Å². The molecule has 0 saturated carbocycles. The standard InChI is InChI=1S/C14H19F2NO/c1-17-14(8-10-4-6-18-7-5-10)12-9-11(15)2-3-13(12)16/h2-3,9-10,14,17H,4-8H2,1H3. The van der Waals surface area contributed by atoms with Gasteiger partial charge in [-0.1, -0.05) is 0 Å². The molecule has 0 aliphatic carbocycles. The summed E-state index contributed by atoms with van der Waals surface area (Å²) in [5.41, 5.74) is 0.420. The minimum absolute atomic E-state index is 0.135. The van der Waals surface area contributed by atoms with E-state index in [1.807, 2.05) is 0 Å². The SMILES string of the molecule is CNC(CC1CCOCC1)c1cc(F)ccc1F. The maximum Gasteiger partial charge on any atom is 0.128 e. The molecule has 1 aromatic carbocycles. The molecule has 0 bridgehead atoms. The van der Waals surface area contributed by atoms with Crippen molar-refractivity contribution in [3.8, 4) is 0 Å². The third kappa shape index (κ3) is 3.27. The van der Waals surface area contributed by atoms with Crippen LogP contribution in [-0.2, 0) is 4.74 Å². The molecule has 1 aromatic rings. The van der Waals surface area contributed by atoms with E-state index in [9.17, 15) is 8.78 Å². The van der Waals surface area contributed by atoms with E-state index in [0.29, 0.717) is 11.5 Å². The van der Waals surface area contributed by atoms with E-state index in [4.69, 9.17) is 4.74 Å². The highest BCUT2D eigenvalue weighted by atomic mass is 19.1. The number of hydrogen-bond acceptors (Lipinski definition) is 2. The van der Waals surface area contributed by atoms with Gasteiger partial charge < -0.3 is 10.1 Å². The van der Waals surface area contributed by atoms with Crippen LogP contribution in [0.4, 0.5) is 8.78 Å². The number of benzene rings is 1. The lowest BCUT2D eigenvalue weighted by Gasteiger charge is -2.27. The Morgan fingerprint density at radius 3 is 2.72 bits per heavy atom.